The summed E-state index contributed by atoms with van der Waals surface area (Å²) < 4.78 is 27.7. The van der Waals surface area contributed by atoms with E-state index in [4.69, 9.17) is 5.73 Å². The number of hydrogen-bond donors (Lipinski definition) is 1. The highest BCUT2D eigenvalue weighted by Gasteiger charge is 2.53. The summed E-state index contributed by atoms with van der Waals surface area (Å²) in [5.41, 5.74) is 7.68. The van der Waals surface area contributed by atoms with E-state index in [1.165, 1.54) is 12.1 Å². The van der Waals surface area contributed by atoms with E-state index in [9.17, 15) is 13.6 Å². The molecule has 1 aliphatic heterocycles. The molecule has 1 aliphatic rings. The number of carbonyl (C=O) groups excluding carboxylic acids is 1. The van der Waals surface area contributed by atoms with Crippen LogP contribution in [0.25, 0.3) is 6.08 Å². The SMILES string of the molecule is C[N+]1(CC/C=C/c2cc(F)cc(F)c2)CC[C@@H](C(C(N)=O)(c2ccccc2)c2ccccc2)C1. The number of carbonyl (C=O) groups is 1. The van der Waals surface area contributed by atoms with E-state index >= 15 is 0 Å². The van der Waals surface area contributed by atoms with Crippen molar-refractivity contribution >= 4 is 12.0 Å². The van der Waals surface area contributed by atoms with Crippen molar-refractivity contribution in [2.75, 3.05) is 26.7 Å². The summed E-state index contributed by atoms with van der Waals surface area (Å²) in [6.45, 7) is 2.61. The predicted molar refractivity (Wildman–Crippen MR) is 132 cm³/mol. The Bertz CT molecular complexity index is 1100. The Morgan fingerprint density at radius 2 is 1.56 bits per heavy atom. The molecule has 1 fully saturated rings. The largest absolute Gasteiger partial charge is 0.369 e. The number of nitrogens with zero attached hydrogens (tertiary/aromatic N) is 1. The van der Waals surface area contributed by atoms with Gasteiger partial charge in [-0.15, -0.1) is 0 Å². The van der Waals surface area contributed by atoms with Crippen LogP contribution in [0.3, 0.4) is 0 Å². The van der Waals surface area contributed by atoms with Crippen molar-refractivity contribution in [3.05, 3.63) is 113 Å². The van der Waals surface area contributed by atoms with Gasteiger partial charge in [-0.25, -0.2) is 8.78 Å². The van der Waals surface area contributed by atoms with Crippen molar-refractivity contribution in [3.63, 3.8) is 0 Å². The number of likely N-dealkylation sites (tertiary alicyclic amines) is 1. The number of halogens is 2. The molecule has 1 saturated heterocycles. The van der Waals surface area contributed by atoms with E-state index in [1.54, 1.807) is 6.08 Å². The first-order valence-electron chi connectivity index (χ1n) is 11.7. The molecule has 2 atom stereocenters. The number of rotatable bonds is 8. The first kappa shape index (κ1) is 23.8. The number of benzene rings is 3. The third-order valence-electron chi connectivity index (χ3n) is 7.17. The summed E-state index contributed by atoms with van der Waals surface area (Å²) in [5, 5.41) is 0. The minimum Gasteiger partial charge on any atom is -0.369 e. The van der Waals surface area contributed by atoms with Gasteiger partial charge in [-0.05, 0) is 28.8 Å². The summed E-state index contributed by atoms with van der Waals surface area (Å²) in [6, 6.07) is 23.3. The van der Waals surface area contributed by atoms with E-state index in [-0.39, 0.29) is 11.8 Å². The number of quaternary nitrogens is 1. The van der Waals surface area contributed by atoms with Crippen molar-refractivity contribution < 1.29 is 18.1 Å². The Hall–Kier alpha value is -3.31. The van der Waals surface area contributed by atoms with Crippen LogP contribution in [0.4, 0.5) is 8.78 Å². The monoisotopic (exact) mass is 461 g/mol. The number of primary amides is 1. The van der Waals surface area contributed by atoms with Crippen LogP contribution < -0.4 is 5.73 Å². The lowest BCUT2D eigenvalue weighted by molar-refractivity contribution is -0.898. The summed E-state index contributed by atoms with van der Waals surface area (Å²) in [4.78, 5) is 13.2. The first-order valence-corrected chi connectivity index (χ1v) is 11.7. The minimum atomic E-state index is -0.895. The smallest absolute Gasteiger partial charge is 0.233 e. The number of nitrogens with two attached hydrogens (primary N) is 1. The van der Waals surface area contributed by atoms with Gasteiger partial charge >= 0.3 is 0 Å². The third-order valence-corrected chi connectivity index (χ3v) is 7.17. The number of amides is 1. The Morgan fingerprint density at radius 3 is 2.09 bits per heavy atom. The topological polar surface area (TPSA) is 43.1 Å². The molecule has 3 nitrogen and oxygen atoms in total. The van der Waals surface area contributed by atoms with Crippen LogP contribution in [-0.2, 0) is 10.2 Å². The quantitative estimate of drug-likeness (QED) is 0.454. The second-order valence-electron chi connectivity index (χ2n) is 9.53. The molecule has 1 unspecified atom stereocenters. The highest BCUT2D eigenvalue weighted by atomic mass is 19.1. The van der Waals surface area contributed by atoms with Crippen molar-refractivity contribution in [1.29, 1.82) is 0 Å². The molecular weight excluding hydrogens is 430 g/mol. The lowest BCUT2D eigenvalue weighted by atomic mass is 9.64. The van der Waals surface area contributed by atoms with Crippen molar-refractivity contribution in [2.45, 2.75) is 18.3 Å². The zero-order valence-corrected chi connectivity index (χ0v) is 19.5. The highest BCUT2D eigenvalue weighted by molar-refractivity contribution is 5.91. The van der Waals surface area contributed by atoms with Crippen LogP contribution in [-0.4, -0.2) is 37.1 Å². The molecule has 176 valence electrons. The molecule has 3 aromatic carbocycles. The zero-order chi connectivity index (χ0) is 24.2. The molecule has 3 aromatic rings. The van der Waals surface area contributed by atoms with Gasteiger partial charge in [-0.1, -0.05) is 72.8 Å². The van der Waals surface area contributed by atoms with Crippen LogP contribution >= 0.6 is 0 Å². The zero-order valence-electron chi connectivity index (χ0n) is 19.5. The molecule has 4 rings (SSSR count). The minimum absolute atomic E-state index is 0.0566. The molecule has 0 bridgehead atoms. The summed E-state index contributed by atoms with van der Waals surface area (Å²) >= 11 is 0. The molecule has 0 aliphatic carbocycles. The van der Waals surface area contributed by atoms with Gasteiger partial charge in [0.1, 0.15) is 17.0 Å². The Kier molecular flexibility index (Phi) is 6.94. The van der Waals surface area contributed by atoms with Crippen LogP contribution in [0.15, 0.2) is 84.9 Å². The maximum atomic E-state index is 13.4. The van der Waals surface area contributed by atoms with Crippen molar-refractivity contribution in [1.82, 2.24) is 0 Å². The van der Waals surface area contributed by atoms with Crippen LogP contribution in [0.1, 0.15) is 29.5 Å². The standard InChI is InChI=1S/C29H30F2N2O/c1-33(16-9-8-10-22-18-26(30)20-27(31)19-22)17-15-25(21-33)29(28(32)34,23-11-4-2-5-12-23)24-13-6-3-7-14-24/h2-8,10-14,18-20,25H,9,15-17,21H2,1H3,(H-,32,34)/p+1/b10-8+/t25-,33?/m1/s1. The van der Waals surface area contributed by atoms with Gasteiger partial charge in [0.05, 0.1) is 26.7 Å². The van der Waals surface area contributed by atoms with E-state index < -0.39 is 17.0 Å². The predicted octanol–water partition coefficient (Wildman–Crippen LogP) is 5.31. The lowest BCUT2D eigenvalue weighted by Gasteiger charge is -2.38. The Labute approximate surface area is 200 Å². The van der Waals surface area contributed by atoms with Crippen LogP contribution in [0.5, 0.6) is 0 Å². The first-order chi connectivity index (χ1) is 16.3. The van der Waals surface area contributed by atoms with Gasteiger partial charge in [0.2, 0.25) is 5.91 Å². The molecule has 1 amide bonds. The van der Waals surface area contributed by atoms with Crippen LogP contribution in [0, 0.1) is 17.6 Å². The van der Waals surface area contributed by atoms with Gasteiger partial charge < -0.3 is 10.2 Å². The number of hydrogen-bond acceptors (Lipinski definition) is 1. The Balaban J connectivity index is 1.56. The van der Waals surface area contributed by atoms with Crippen molar-refractivity contribution in [3.8, 4) is 0 Å². The lowest BCUT2D eigenvalue weighted by Crippen LogP contribution is -2.51. The molecule has 0 saturated carbocycles. The maximum Gasteiger partial charge on any atom is 0.233 e. The summed E-state index contributed by atoms with van der Waals surface area (Å²) in [7, 11) is 2.21. The molecule has 0 radical (unpaired) electrons. The van der Waals surface area contributed by atoms with Crippen molar-refractivity contribution in [2.24, 2.45) is 11.7 Å². The highest BCUT2D eigenvalue weighted by Crippen LogP contribution is 2.45. The van der Waals surface area contributed by atoms with E-state index in [0.717, 1.165) is 54.2 Å². The summed E-state index contributed by atoms with van der Waals surface area (Å²) in [6.07, 6.45) is 5.36. The van der Waals surface area contributed by atoms with Gasteiger partial charge in [0.15, 0.2) is 0 Å². The fourth-order valence-electron chi connectivity index (χ4n) is 5.54. The van der Waals surface area contributed by atoms with Gasteiger partial charge in [-0.2, -0.15) is 0 Å². The van der Waals surface area contributed by atoms with Gasteiger partial charge in [0.25, 0.3) is 0 Å². The molecule has 0 aromatic heterocycles. The fourth-order valence-corrected chi connectivity index (χ4v) is 5.54. The maximum absolute atomic E-state index is 13.4. The van der Waals surface area contributed by atoms with Gasteiger partial charge in [-0.3, -0.25) is 4.79 Å². The Morgan fingerprint density at radius 1 is 1.00 bits per heavy atom. The van der Waals surface area contributed by atoms with E-state index in [1.807, 2.05) is 66.7 Å². The van der Waals surface area contributed by atoms with Crippen LogP contribution in [0.2, 0.25) is 0 Å². The molecular formula is C29H31F2N2O+. The fraction of sp³-hybridized carbons (Fsp3) is 0.276. The van der Waals surface area contributed by atoms with E-state index in [0.29, 0.717) is 5.56 Å². The normalized spacial score (nSPS) is 20.6. The second kappa shape index (κ2) is 9.90. The van der Waals surface area contributed by atoms with E-state index in [2.05, 4.69) is 7.05 Å². The van der Waals surface area contributed by atoms with Gasteiger partial charge in [0, 0.05) is 24.8 Å². The molecule has 1 heterocycles. The molecule has 0 spiro atoms. The second-order valence-corrected chi connectivity index (χ2v) is 9.53. The molecule has 34 heavy (non-hydrogen) atoms. The average Bonchev–Trinajstić information content (AvgIpc) is 3.20. The molecule has 2 N–H and O–H groups in total. The summed E-state index contributed by atoms with van der Waals surface area (Å²) in [5.74, 6) is -1.42. The molecule has 5 heteroatoms. The third kappa shape index (κ3) is 4.80. The average molecular weight is 462 g/mol.